The van der Waals surface area contributed by atoms with Gasteiger partial charge in [0.05, 0.1) is 0 Å². The maximum Gasteiger partial charge on any atom is 0.126 e. The summed E-state index contributed by atoms with van der Waals surface area (Å²) in [6, 6.07) is 4.52. The van der Waals surface area contributed by atoms with Crippen LogP contribution in [-0.4, -0.2) is 5.84 Å². The lowest BCUT2D eigenvalue weighted by Gasteiger charge is -2.02. The van der Waals surface area contributed by atoms with E-state index in [1.807, 2.05) is 0 Å². The van der Waals surface area contributed by atoms with Gasteiger partial charge in [-0.25, -0.2) is 4.39 Å². The molecule has 0 saturated carbocycles. The van der Waals surface area contributed by atoms with Crippen molar-refractivity contribution in [3.63, 3.8) is 0 Å². The second-order valence-corrected chi connectivity index (χ2v) is 2.33. The van der Waals surface area contributed by atoms with Crippen molar-refractivity contribution in [3.8, 4) is 0 Å². The Bertz CT molecular complexity index is 294. The number of benzene rings is 1. The molecule has 0 unspecified atom stereocenters. The molecule has 0 fully saturated rings. The van der Waals surface area contributed by atoms with E-state index in [4.69, 9.17) is 11.1 Å². The summed E-state index contributed by atoms with van der Waals surface area (Å²) in [5.41, 5.74) is 6.09. The highest BCUT2D eigenvalue weighted by Gasteiger charge is 2.04. The summed E-state index contributed by atoms with van der Waals surface area (Å²) < 4.78 is 12.8. The normalized spacial score (nSPS) is 9.64. The molecule has 0 radical (unpaired) electrons. The van der Waals surface area contributed by atoms with Gasteiger partial charge in [-0.1, -0.05) is 12.1 Å². The lowest BCUT2D eigenvalue weighted by molar-refractivity contribution is 0.618. The van der Waals surface area contributed by atoms with Crippen molar-refractivity contribution >= 4 is 5.84 Å². The molecule has 2 nitrogen and oxygen atoms in total. The van der Waals surface area contributed by atoms with E-state index in [0.29, 0.717) is 11.1 Å². The van der Waals surface area contributed by atoms with Crippen LogP contribution in [0, 0.1) is 18.2 Å². The molecule has 11 heavy (non-hydrogen) atoms. The number of halogens is 1. The highest BCUT2D eigenvalue weighted by Crippen LogP contribution is 2.10. The molecule has 0 saturated heterocycles. The Labute approximate surface area is 64.4 Å². The summed E-state index contributed by atoms with van der Waals surface area (Å²) in [5.74, 6) is -0.417. The third-order valence-corrected chi connectivity index (χ3v) is 1.56. The van der Waals surface area contributed by atoms with Crippen LogP contribution in [0.1, 0.15) is 11.1 Å². The van der Waals surface area contributed by atoms with Crippen molar-refractivity contribution in [1.82, 2.24) is 0 Å². The molecule has 0 aliphatic heterocycles. The zero-order valence-electron chi connectivity index (χ0n) is 6.19. The molecule has 0 atom stereocenters. The minimum Gasteiger partial charge on any atom is -0.384 e. The molecular formula is C8H9FN2. The summed E-state index contributed by atoms with van der Waals surface area (Å²) in [4.78, 5) is 0. The Kier molecular flexibility index (Phi) is 1.89. The van der Waals surface area contributed by atoms with E-state index in [2.05, 4.69) is 0 Å². The van der Waals surface area contributed by atoms with Gasteiger partial charge in [-0.15, -0.1) is 0 Å². The molecular weight excluding hydrogens is 143 g/mol. The molecule has 0 aliphatic rings. The number of rotatable bonds is 1. The Hall–Kier alpha value is -1.38. The summed E-state index contributed by atoms with van der Waals surface area (Å²) in [6.45, 7) is 1.60. The molecule has 1 aromatic carbocycles. The predicted octanol–water partition coefficient (Wildman–Crippen LogP) is 1.42. The minimum atomic E-state index is -0.322. The fourth-order valence-electron chi connectivity index (χ4n) is 0.899. The molecule has 58 valence electrons. The van der Waals surface area contributed by atoms with E-state index in [1.54, 1.807) is 19.1 Å². The van der Waals surface area contributed by atoms with Crippen LogP contribution in [0.5, 0.6) is 0 Å². The zero-order chi connectivity index (χ0) is 8.43. The van der Waals surface area contributed by atoms with Crippen molar-refractivity contribution in [2.45, 2.75) is 6.92 Å². The van der Waals surface area contributed by atoms with Gasteiger partial charge >= 0.3 is 0 Å². The van der Waals surface area contributed by atoms with Gasteiger partial charge in [0.15, 0.2) is 0 Å². The first-order valence-corrected chi connectivity index (χ1v) is 3.22. The third-order valence-electron chi connectivity index (χ3n) is 1.56. The number of hydrogen-bond acceptors (Lipinski definition) is 1. The smallest absolute Gasteiger partial charge is 0.126 e. The minimum absolute atomic E-state index is 0.0954. The molecule has 1 rings (SSSR count). The summed E-state index contributed by atoms with van der Waals surface area (Å²) >= 11 is 0. The van der Waals surface area contributed by atoms with Gasteiger partial charge < -0.3 is 5.73 Å². The van der Waals surface area contributed by atoms with Gasteiger partial charge in [0.1, 0.15) is 11.7 Å². The Balaban J connectivity index is 3.27. The predicted molar refractivity (Wildman–Crippen MR) is 42.2 cm³/mol. The lowest BCUT2D eigenvalue weighted by atomic mass is 10.1. The van der Waals surface area contributed by atoms with E-state index >= 15 is 0 Å². The summed E-state index contributed by atoms with van der Waals surface area (Å²) in [5, 5.41) is 7.08. The van der Waals surface area contributed by atoms with Crippen molar-refractivity contribution in [1.29, 1.82) is 5.41 Å². The molecule has 0 amide bonds. The first-order chi connectivity index (χ1) is 5.13. The number of nitrogens with two attached hydrogens (primary N) is 1. The van der Waals surface area contributed by atoms with E-state index in [0.717, 1.165) is 0 Å². The Morgan fingerprint density at radius 2 is 2.18 bits per heavy atom. The molecule has 1 aromatic rings. The highest BCUT2D eigenvalue weighted by molar-refractivity contribution is 5.96. The third kappa shape index (κ3) is 1.37. The van der Waals surface area contributed by atoms with Gasteiger partial charge in [-0.3, -0.25) is 5.41 Å². The molecule has 3 heteroatoms. The van der Waals surface area contributed by atoms with E-state index in [9.17, 15) is 4.39 Å². The molecule has 0 aromatic heterocycles. The number of hydrogen-bond donors (Lipinski definition) is 2. The van der Waals surface area contributed by atoms with Gasteiger partial charge in [-0.2, -0.15) is 0 Å². The Morgan fingerprint density at radius 1 is 1.55 bits per heavy atom. The number of nitrogens with one attached hydrogen (secondary N) is 1. The van der Waals surface area contributed by atoms with Gasteiger partial charge in [-0.05, 0) is 18.6 Å². The van der Waals surface area contributed by atoms with Crippen molar-refractivity contribution < 1.29 is 4.39 Å². The zero-order valence-corrected chi connectivity index (χ0v) is 6.19. The van der Waals surface area contributed by atoms with Crippen LogP contribution in [0.3, 0.4) is 0 Å². The molecule has 0 bridgehead atoms. The van der Waals surface area contributed by atoms with Gasteiger partial charge in [0.2, 0.25) is 0 Å². The first kappa shape index (κ1) is 7.72. The van der Waals surface area contributed by atoms with Crippen LogP contribution in [0.4, 0.5) is 4.39 Å². The summed E-state index contributed by atoms with van der Waals surface area (Å²) in [6.07, 6.45) is 0. The van der Waals surface area contributed by atoms with Crippen LogP contribution in [0.2, 0.25) is 0 Å². The second-order valence-electron chi connectivity index (χ2n) is 2.33. The maximum absolute atomic E-state index is 12.8. The molecule has 0 aliphatic carbocycles. The van der Waals surface area contributed by atoms with Crippen LogP contribution < -0.4 is 5.73 Å². The van der Waals surface area contributed by atoms with Crippen LogP contribution in [0.25, 0.3) is 0 Å². The lowest BCUT2D eigenvalue weighted by Crippen LogP contribution is -2.13. The van der Waals surface area contributed by atoms with Crippen molar-refractivity contribution in [2.75, 3.05) is 0 Å². The maximum atomic E-state index is 12.8. The van der Waals surface area contributed by atoms with Crippen LogP contribution >= 0.6 is 0 Å². The van der Waals surface area contributed by atoms with E-state index < -0.39 is 0 Å². The van der Waals surface area contributed by atoms with Crippen molar-refractivity contribution in [3.05, 3.63) is 35.1 Å². The SMILES string of the molecule is Cc1c(F)cccc1C(=N)N. The largest absolute Gasteiger partial charge is 0.384 e. The average Bonchev–Trinajstić information content (AvgIpc) is 1.94. The fourth-order valence-corrected chi connectivity index (χ4v) is 0.899. The monoisotopic (exact) mass is 152 g/mol. The standard InChI is InChI=1S/C8H9FN2/c1-5-6(8(10)11)3-2-4-7(5)9/h2-4H,1H3,(H3,10,11). The topological polar surface area (TPSA) is 49.9 Å². The molecule has 0 spiro atoms. The fraction of sp³-hybridized carbons (Fsp3) is 0.125. The number of nitrogen functional groups attached to an aromatic ring is 1. The average molecular weight is 152 g/mol. The van der Waals surface area contributed by atoms with Gasteiger partial charge in [0, 0.05) is 5.56 Å². The quantitative estimate of drug-likeness (QED) is 0.464. The van der Waals surface area contributed by atoms with E-state index in [-0.39, 0.29) is 11.7 Å². The molecule has 0 heterocycles. The molecule has 3 N–H and O–H groups in total. The highest BCUT2D eigenvalue weighted by atomic mass is 19.1. The summed E-state index contributed by atoms with van der Waals surface area (Å²) in [7, 11) is 0. The van der Waals surface area contributed by atoms with Crippen LogP contribution in [-0.2, 0) is 0 Å². The number of amidine groups is 1. The van der Waals surface area contributed by atoms with E-state index in [1.165, 1.54) is 6.07 Å². The van der Waals surface area contributed by atoms with Gasteiger partial charge in [0.25, 0.3) is 0 Å². The second kappa shape index (κ2) is 2.70. The Morgan fingerprint density at radius 3 is 2.64 bits per heavy atom. The van der Waals surface area contributed by atoms with Crippen molar-refractivity contribution in [2.24, 2.45) is 5.73 Å². The van der Waals surface area contributed by atoms with Crippen LogP contribution in [0.15, 0.2) is 18.2 Å². The first-order valence-electron chi connectivity index (χ1n) is 3.22.